The highest BCUT2D eigenvalue weighted by atomic mass is 15.1. The summed E-state index contributed by atoms with van der Waals surface area (Å²) in [6.45, 7) is 11.0. The highest BCUT2D eigenvalue weighted by molar-refractivity contribution is 4.88. The molecule has 3 unspecified atom stereocenters. The molecule has 1 N–H and O–H groups in total. The first-order valence-corrected chi connectivity index (χ1v) is 7.69. The summed E-state index contributed by atoms with van der Waals surface area (Å²) in [6.07, 6.45) is 7.02. The van der Waals surface area contributed by atoms with Crippen molar-refractivity contribution in [3.63, 3.8) is 0 Å². The molecule has 2 heteroatoms. The van der Waals surface area contributed by atoms with Crippen molar-refractivity contribution in [2.45, 2.75) is 65.0 Å². The van der Waals surface area contributed by atoms with Gasteiger partial charge in [-0.25, -0.2) is 0 Å². The number of piperidine rings is 1. The Morgan fingerprint density at radius 3 is 2.47 bits per heavy atom. The fourth-order valence-electron chi connectivity index (χ4n) is 3.30. The van der Waals surface area contributed by atoms with Crippen LogP contribution in [0.1, 0.15) is 52.9 Å². The molecule has 0 amide bonds. The second kappa shape index (κ2) is 6.19. The summed E-state index contributed by atoms with van der Waals surface area (Å²) in [7, 11) is 0. The van der Waals surface area contributed by atoms with Crippen LogP contribution in [0.3, 0.4) is 0 Å². The van der Waals surface area contributed by atoms with Gasteiger partial charge in [-0.2, -0.15) is 0 Å². The monoisotopic (exact) mass is 238 g/mol. The maximum atomic E-state index is 3.85. The number of likely N-dealkylation sites (tertiary alicyclic amines) is 1. The topological polar surface area (TPSA) is 15.3 Å². The zero-order chi connectivity index (χ0) is 12.3. The summed E-state index contributed by atoms with van der Waals surface area (Å²) in [6, 6.07) is 1.44. The van der Waals surface area contributed by atoms with E-state index in [4.69, 9.17) is 0 Å². The number of rotatable bonds is 6. The minimum Gasteiger partial charge on any atom is -0.311 e. The molecule has 0 bridgehead atoms. The Balaban J connectivity index is 1.75. The number of nitrogens with one attached hydrogen (secondary N) is 1. The van der Waals surface area contributed by atoms with Gasteiger partial charge in [-0.05, 0) is 70.9 Å². The van der Waals surface area contributed by atoms with Crippen LogP contribution in [0.25, 0.3) is 0 Å². The second-order valence-electron chi connectivity index (χ2n) is 6.28. The Hall–Kier alpha value is -0.0800. The van der Waals surface area contributed by atoms with Crippen LogP contribution in [0, 0.1) is 11.8 Å². The van der Waals surface area contributed by atoms with Crippen molar-refractivity contribution in [3.8, 4) is 0 Å². The first-order chi connectivity index (χ1) is 8.20. The summed E-state index contributed by atoms with van der Waals surface area (Å²) >= 11 is 0. The third-order valence-corrected chi connectivity index (χ3v) is 4.64. The Morgan fingerprint density at radius 2 is 1.82 bits per heavy atom. The van der Waals surface area contributed by atoms with Gasteiger partial charge in [0.1, 0.15) is 0 Å². The van der Waals surface area contributed by atoms with Gasteiger partial charge < -0.3 is 10.2 Å². The number of nitrogens with zero attached hydrogens (tertiary/aromatic N) is 1. The van der Waals surface area contributed by atoms with E-state index in [0.29, 0.717) is 6.04 Å². The summed E-state index contributed by atoms with van der Waals surface area (Å²) in [5.74, 6) is 1.85. The molecule has 1 aliphatic heterocycles. The zero-order valence-electron chi connectivity index (χ0n) is 11.9. The quantitative estimate of drug-likeness (QED) is 0.765. The average molecular weight is 238 g/mol. The van der Waals surface area contributed by atoms with Gasteiger partial charge in [0.2, 0.25) is 0 Å². The highest BCUT2D eigenvalue weighted by Crippen LogP contribution is 2.33. The van der Waals surface area contributed by atoms with Crippen LogP contribution >= 0.6 is 0 Å². The summed E-state index contributed by atoms with van der Waals surface area (Å²) in [5, 5.41) is 3.85. The van der Waals surface area contributed by atoms with E-state index < -0.39 is 0 Å². The average Bonchev–Trinajstić information content (AvgIpc) is 3.13. The smallest absolute Gasteiger partial charge is 0.00818 e. The highest BCUT2D eigenvalue weighted by Gasteiger charge is 2.31. The molecule has 1 heterocycles. The van der Waals surface area contributed by atoms with Gasteiger partial charge in [-0.15, -0.1) is 0 Å². The first-order valence-electron chi connectivity index (χ1n) is 7.69. The number of hydrogen-bond donors (Lipinski definition) is 1. The predicted octanol–water partition coefficient (Wildman–Crippen LogP) is 2.89. The summed E-state index contributed by atoms with van der Waals surface area (Å²) in [4.78, 5) is 2.66. The molecule has 2 aliphatic rings. The molecule has 1 saturated heterocycles. The van der Waals surface area contributed by atoms with Crippen molar-refractivity contribution < 1.29 is 0 Å². The predicted molar refractivity (Wildman–Crippen MR) is 74.2 cm³/mol. The van der Waals surface area contributed by atoms with E-state index >= 15 is 0 Å². The third-order valence-electron chi connectivity index (χ3n) is 4.64. The van der Waals surface area contributed by atoms with Crippen molar-refractivity contribution in [3.05, 3.63) is 0 Å². The molecule has 0 radical (unpaired) electrons. The molecular weight excluding hydrogens is 208 g/mol. The van der Waals surface area contributed by atoms with E-state index in [0.717, 1.165) is 17.9 Å². The van der Waals surface area contributed by atoms with Gasteiger partial charge in [-0.3, -0.25) is 0 Å². The van der Waals surface area contributed by atoms with Crippen molar-refractivity contribution in [2.24, 2.45) is 11.8 Å². The molecule has 2 rings (SSSR count). The maximum absolute atomic E-state index is 3.85. The lowest BCUT2D eigenvalue weighted by atomic mass is 9.91. The Morgan fingerprint density at radius 1 is 1.12 bits per heavy atom. The van der Waals surface area contributed by atoms with Crippen LogP contribution in [0.2, 0.25) is 0 Å². The molecule has 100 valence electrons. The van der Waals surface area contributed by atoms with Gasteiger partial charge in [0.05, 0.1) is 0 Å². The van der Waals surface area contributed by atoms with Crippen molar-refractivity contribution in [1.82, 2.24) is 10.2 Å². The van der Waals surface area contributed by atoms with Crippen molar-refractivity contribution in [2.75, 3.05) is 19.6 Å². The Bertz CT molecular complexity index is 223. The molecular formula is C15H30N2. The SMILES string of the molecule is CCCN1CCCC(C(C)NC(C)C2CC2)C1. The summed E-state index contributed by atoms with van der Waals surface area (Å²) < 4.78 is 0. The molecule has 0 aromatic rings. The van der Waals surface area contributed by atoms with Crippen molar-refractivity contribution >= 4 is 0 Å². The molecule has 0 spiro atoms. The molecule has 2 fully saturated rings. The fourth-order valence-corrected chi connectivity index (χ4v) is 3.30. The lowest BCUT2D eigenvalue weighted by Gasteiger charge is -2.37. The van der Waals surface area contributed by atoms with Crippen LogP contribution in [0.4, 0.5) is 0 Å². The van der Waals surface area contributed by atoms with Gasteiger partial charge >= 0.3 is 0 Å². The van der Waals surface area contributed by atoms with Gasteiger partial charge in [0.25, 0.3) is 0 Å². The zero-order valence-corrected chi connectivity index (χ0v) is 11.9. The van der Waals surface area contributed by atoms with Crippen LogP contribution < -0.4 is 5.32 Å². The minimum absolute atomic E-state index is 0.699. The molecule has 1 saturated carbocycles. The molecule has 2 nitrogen and oxygen atoms in total. The fraction of sp³-hybridized carbons (Fsp3) is 1.00. The lowest BCUT2D eigenvalue weighted by Crippen LogP contribution is -2.47. The van der Waals surface area contributed by atoms with E-state index in [2.05, 4.69) is 31.0 Å². The molecule has 17 heavy (non-hydrogen) atoms. The number of hydrogen-bond acceptors (Lipinski definition) is 2. The minimum atomic E-state index is 0.699. The van der Waals surface area contributed by atoms with Crippen LogP contribution in [0.15, 0.2) is 0 Å². The largest absolute Gasteiger partial charge is 0.311 e. The van der Waals surface area contributed by atoms with E-state index in [-0.39, 0.29) is 0 Å². The van der Waals surface area contributed by atoms with Crippen LogP contribution in [-0.4, -0.2) is 36.6 Å². The Labute approximate surface area is 107 Å². The van der Waals surface area contributed by atoms with Crippen molar-refractivity contribution in [1.29, 1.82) is 0 Å². The summed E-state index contributed by atoms with van der Waals surface area (Å²) in [5.41, 5.74) is 0. The molecule has 0 aromatic heterocycles. The third kappa shape index (κ3) is 3.96. The first kappa shape index (κ1) is 13.4. The normalized spacial score (nSPS) is 30.2. The van der Waals surface area contributed by atoms with Gasteiger partial charge in [0.15, 0.2) is 0 Å². The maximum Gasteiger partial charge on any atom is 0.00818 e. The molecule has 1 aliphatic carbocycles. The standard InChI is InChI=1S/C15H30N2/c1-4-9-17-10-5-6-15(11-17)13(3)16-12(2)14-7-8-14/h12-16H,4-11H2,1-3H3. The molecule has 0 aromatic carbocycles. The van der Waals surface area contributed by atoms with Gasteiger partial charge in [-0.1, -0.05) is 6.92 Å². The van der Waals surface area contributed by atoms with E-state index in [1.54, 1.807) is 0 Å². The van der Waals surface area contributed by atoms with Crippen LogP contribution in [0.5, 0.6) is 0 Å². The second-order valence-corrected chi connectivity index (χ2v) is 6.28. The van der Waals surface area contributed by atoms with E-state index in [1.807, 2.05) is 0 Å². The van der Waals surface area contributed by atoms with E-state index in [9.17, 15) is 0 Å². The molecule has 3 atom stereocenters. The van der Waals surface area contributed by atoms with E-state index in [1.165, 1.54) is 51.7 Å². The Kier molecular flexibility index (Phi) is 4.87. The van der Waals surface area contributed by atoms with Gasteiger partial charge in [0, 0.05) is 18.6 Å². The van der Waals surface area contributed by atoms with Crippen LogP contribution in [-0.2, 0) is 0 Å². The lowest BCUT2D eigenvalue weighted by molar-refractivity contribution is 0.146.